The number of thiophene rings is 1. The predicted molar refractivity (Wildman–Crippen MR) is 56.7 cm³/mol. The van der Waals surface area contributed by atoms with Crippen LogP contribution in [0, 0.1) is 10.1 Å². The molecule has 0 aliphatic carbocycles. The lowest BCUT2D eigenvalue weighted by Crippen LogP contribution is -3.00. The van der Waals surface area contributed by atoms with Gasteiger partial charge in [0, 0.05) is 12.1 Å². The fraction of sp³-hybridized carbons (Fsp3) is 0.100. The lowest BCUT2D eigenvalue weighted by atomic mass is 10.3. The molecule has 0 radical (unpaired) electrons. The number of nitro groups is 1. The van der Waals surface area contributed by atoms with E-state index in [9.17, 15) is 10.1 Å². The summed E-state index contributed by atoms with van der Waals surface area (Å²) in [5.74, 6) is 0. The normalized spacial score (nSPS) is 9.50. The maximum Gasteiger partial charge on any atom is 0.333 e. The van der Waals surface area contributed by atoms with Crippen LogP contribution in [0.2, 0.25) is 0 Å². The topological polar surface area (TPSA) is 47.0 Å². The van der Waals surface area contributed by atoms with Crippen LogP contribution in [-0.4, -0.2) is 4.92 Å². The summed E-state index contributed by atoms with van der Waals surface area (Å²) in [6, 6.07) is 7.51. The van der Waals surface area contributed by atoms with Crippen molar-refractivity contribution in [3.63, 3.8) is 0 Å². The average Bonchev–Trinajstić information content (AvgIpc) is 2.67. The molecule has 0 spiro atoms. The number of nitrogens with zero attached hydrogens (tertiary/aromatic N) is 2. The minimum atomic E-state index is -0.330. The Hall–Kier alpha value is -1.27. The van der Waals surface area contributed by atoms with Crippen molar-refractivity contribution in [2.75, 3.05) is 0 Å². The van der Waals surface area contributed by atoms with Crippen LogP contribution < -0.4 is 21.5 Å². The number of halogens is 1. The van der Waals surface area contributed by atoms with Crippen molar-refractivity contribution < 1.29 is 26.5 Å². The molecule has 6 heteroatoms. The van der Waals surface area contributed by atoms with Crippen molar-refractivity contribution in [3.8, 4) is 0 Å². The number of hydrogen-bond donors (Lipinski definition) is 0. The summed E-state index contributed by atoms with van der Waals surface area (Å²) in [6.45, 7) is 0.542. The van der Waals surface area contributed by atoms with Gasteiger partial charge in [-0.1, -0.05) is 17.4 Å². The molecule has 0 N–H and O–H groups in total. The molecule has 2 rings (SSSR count). The van der Waals surface area contributed by atoms with E-state index in [0.29, 0.717) is 6.54 Å². The zero-order chi connectivity index (χ0) is 10.7. The van der Waals surface area contributed by atoms with Crippen molar-refractivity contribution >= 4 is 16.3 Å². The molecular formula is C10H9BrN2O2S. The van der Waals surface area contributed by atoms with E-state index in [1.807, 2.05) is 35.2 Å². The monoisotopic (exact) mass is 300 g/mol. The Labute approximate surface area is 107 Å². The SMILES string of the molecule is O=[N+]([O-])c1sccc1C[n+]1ccccc1.[Br-]. The van der Waals surface area contributed by atoms with Gasteiger partial charge < -0.3 is 17.0 Å². The van der Waals surface area contributed by atoms with E-state index in [4.69, 9.17) is 0 Å². The average molecular weight is 301 g/mol. The summed E-state index contributed by atoms with van der Waals surface area (Å²) in [4.78, 5) is 10.3. The molecule has 0 unspecified atom stereocenters. The van der Waals surface area contributed by atoms with E-state index >= 15 is 0 Å². The van der Waals surface area contributed by atoms with Crippen molar-refractivity contribution in [2.24, 2.45) is 0 Å². The molecule has 4 nitrogen and oxygen atoms in total. The molecule has 84 valence electrons. The first-order valence-corrected chi connectivity index (χ1v) is 5.30. The Morgan fingerprint density at radius 2 is 2.00 bits per heavy atom. The standard InChI is InChI=1S/C10H9N2O2S.BrH/c13-12(14)10-9(4-7-15-10)8-11-5-2-1-3-6-11;/h1-7H,8H2;1H/q+1;/p-1. The fourth-order valence-corrected chi connectivity index (χ4v) is 2.08. The highest BCUT2D eigenvalue weighted by molar-refractivity contribution is 7.13. The van der Waals surface area contributed by atoms with E-state index in [1.54, 1.807) is 11.4 Å². The Balaban J connectivity index is 0.00000128. The Bertz CT molecular complexity index is 473. The van der Waals surface area contributed by atoms with E-state index in [0.717, 1.165) is 16.9 Å². The van der Waals surface area contributed by atoms with E-state index in [2.05, 4.69) is 0 Å². The quantitative estimate of drug-likeness (QED) is 0.415. The fourth-order valence-electron chi connectivity index (χ4n) is 1.34. The molecule has 2 heterocycles. The highest BCUT2D eigenvalue weighted by atomic mass is 79.9. The summed E-state index contributed by atoms with van der Waals surface area (Å²) in [5, 5.41) is 12.7. The molecular weight excluding hydrogens is 292 g/mol. The lowest BCUT2D eigenvalue weighted by Gasteiger charge is -1.93. The predicted octanol–water partition coefficient (Wildman–Crippen LogP) is -1.00. The molecule has 0 aliphatic heterocycles. The highest BCUT2D eigenvalue weighted by Crippen LogP contribution is 2.24. The molecule has 2 aromatic rings. The van der Waals surface area contributed by atoms with Gasteiger partial charge in [0.25, 0.3) is 0 Å². The van der Waals surface area contributed by atoms with Gasteiger partial charge in [0.1, 0.15) is 5.56 Å². The van der Waals surface area contributed by atoms with Gasteiger partial charge in [-0.2, -0.15) is 0 Å². The third-order valence-electron chi connectivity index (χ3n) is 2.02. The van der Waals surface area contributed by atoms with Gasteiger partial charge in [-0.15, -0.1) is 0 Å². The largest absolute Gasteiger partial charge is 1.00 e. The molecule has 0 aliphatic rings. The Kier molecular flexibility index (Phi) is 4.57. The first-order valence-electron chi connectivity index (χ1n) is 4.42. The van der Waals surface area contributed by atoms with Crippen LogP contribution in [0.4, 0.5) is 5.00 Å². The maximum absolute atomic E-state index is 10.7. The molecule has 0 saturated carbocycles. The molecule has 16 heavy (non-hydrogen) atoms. The van der Waals surface area contributed by atoms with E-state index in [1.165, 1.54) is 0 Å². The first-order chi connectivity index (χ1) is 7.27. The zero-order valence-electron chi connectivity index (χ0n) is 8.25. The van der Waals surface area contributed by atoms with Crippen LogP contribution >= 0.6 is 11.3 Å². The summed E-state index contributed by atoms with van der Waals surface area (Å²) in [5.41, 5.74) is 0.751. The van der Waals surface area contributed by atoms with Crippen molar-refractivity contribution in [2.45, 2.75) is 6.54 Å². The van der Waals surface area contributed by atoms with Crippen LogP contribution in [0.3, 0.4) is 0 Å². The van der Waals surface area contributed by atoms with Crippen LogP contribution in [0.5, 0.6) is 0 Å². The lowest BCUT2D eigenvalue weighted by molar-refractivity contribution is -0.688. The van der Waals surface area contributed by atoms with E-state index in [-0.39, 0.29) is 26.9 Å². The van der Waals surface area contributed by atoms with Crippen LogP contribution in [0.15, 0.2) is 42.0 Å². The summed E-state index contributed by atoms with van der Waals surface area (Å²) < 4.78 is 1.91. The second-order valence-electron chi connectivity index (χ2n) is 3.06. The number of aromatic nitrogens is 1. The van der Waals surface area contributed by atoms with Gasteiger partial charge in [-0.3, -0.25) is 10.1 Å². The van der Waals surface area contributed by atoms with Gasteiger partial charge in [-0.25, -0.2) is 4.57 Å². The van der Waals surface area contributed by atoms with Gasteiger partial charge in [0.2, 0.25) is 0 Å². The summed E-state index contributed by atoms with van der Waals surface area (Å²) in [7, 11) is 0. The van der Waals surface area contributed by atoms with Crippen LogP contribution in [0.25, 0.3) is 0 Å². The highest BCUT2D eigenvalue weighted by Gasteiger charge is 2.18. The second-order valence-corrected chi connectivity index (χ2v) is 3.95. The number of rotatable bonds is 3. The van der Waals surface area contributed by atoms with Crippen LogP contribution in [0.1, 0.15) is 5.56 Å². The number of pyridine rings is 1. The second kappa shape index (κ2) is 5.72. The maximum atomic E-state index is 10.7. The van der Waals surface area contributed by atoms with Crippen molar-refractivity contribution in [1.29, 1.82) is 0 Å². The van der Waals surface area contributed by atoms with Crippen molar-refractivity contribution in [3.05, 3.63) is 57.7 Å². The van der Waals surface area contributed by atoms with Gasteiger partial charge in [0.05, 0.1) is 4.92 Å². The first kappa shape index (κ1) is 12.8. The number of hydrogen-bond acceptors (Lipinski definition) is 3. The van der Waals surface area contributed by atoms with Crippen LogP contribution in [-0.2, 0) is 6.54 Å². The minimum absolute atomic E-state index is 0. The smallest absolute Gasteiger partial charge is 0.333 e. The van der Waals surface area contributed by atoms with Crippen molar-refractivity contribution in [1.82, 2.24) is 0 Å². The molecule has 0 bridgehead atoms. The van der Waals surface area contributed by atoms with Gasteiger partial charge in [-0.05, 0) is 11.4 Å². The molecule has 0 aromatic carbocycles. The van der Waals surface area contributed by atoms with Gasteiger partial charge in [0.15, 0.2) is 18.9 Å². The zero-order valence-corrected chi connectivity index (χ0v) is 10.6. The Morgan fingerprint density at radius 3 is 2.62 bits per heavy atom. The third kappa shape index (κ3) is 2.86. The third-order valence-corrected chi connectivity index (χ3v) is 2.93. The minimum Gasteiger partial charge on any atom is -1.00 e. The molecule has 0 saturated heterocycles. The van der Waals surface area contributed by atoms with E-state index < -0.39 is 0 Å². The Morgan fingerprint density at radius 1 is 1.31 bits per heavy atom. The summed E-state index contributed by atoms with van der Waals surface area (Å²) >= 11 is 1.16. The summed E-state index contributed by atoms with van der Waals surface area (Å²) in [6.07, 6.45) is 3.78. The van der Waals surface area contributed by atoms with Gasteiger partial charge >= 0.3 is 5.00 Å². The molecule has 2 aromatic heterocycles. The molecule has 0 atom stereocenters. The molecule has 0 amide bonds. The molecule has 0 fully saturated rings.